The highest BCUT2D eigenvalue weighted by Crippen LogP contribution is 2.36. The minimum absolute atomic E-state index is 0.242. The number of rotatable bonds is 13. The molecule has 0 unspecified atom stereocenters. The van der Waals surface area contributed by atoms with E-state index in [2.05, 4.69) is 13.8 Å². The van der Waals surface area contributed by atoms with Crippen LogP contribution < -0.4 is 0 Å². The summed E-state index contributed by atoms with van der Waals surface area (Å²) in [4.78, 5) is 54.4. The van der Waals surface area contributed by atoms with Crippen LogP contribution in [-0.2, 0) is 0 Å². The first-order valence-corrected chi connectivity index (χ1v) is 15.6. The summed E-state index contributed by atoms with van der Waals surface area (Å²) in [6.45, 7) is 5.11. The molecule has 226 valence electrons. The van der Waals surface area contributed by atoms with E-state index in [0.717, 1.165) is 51.4 Å². The molecule has 0 saturated carbocycles. The lowest BCUT2D eigenvalue weighted by Gasteiger charge is -2.13. The number of carbonyl (C=O) groups excluding carboxylic acids is 4. The van der Waals surface area contributed by atoms with Crippen LogP contribution in [0, 0.1) is 0 Å². The normalized spacial score (nSPS) is 14.2. The van der Waals surface area contributed by atoms with Crippen LogP contribution in [0.5, 0.6) is 0 Å². The Morgan fingerprint density at radius 2 is 0.841 bits per heavy atom. The Labute approximate surface area is 256 Å². The molecule has 0 aliphatic carbocycles. The molecule has 0 radical (unpaired) electrons. The second kappa shape index (κ2) is 12.5. The lowest BCUT2D eigenvalue weighted by atomic mass is 10.0. The summed E-state index contributed by atoms with van der Waals surface area (Å²) < 4.78 is 12.2. The highest BCUT2D eigenvalue weighted by atomic mass is 16.4. The number of carbonyl (C=O) groups is 4. The van der Waals surface area contributed by atoms with Gasteiger partial charge in [0.2, 0.25) is 0 Å². The van der Waals surface area contributed by atoms with Gasteiger partial charge in [0.25, 0.3) is 23.6 Å². The van der Waals surface area contributed by atoms with Gasteiger partial charge >= 0.3 is 0 Å². The van der Waals surface area contributed by atoms with Crippen molar-refractivity contribution in [2.45, 2.75) is 65.2 Å². The molecule has 0 saturated heterocycles. The van der Waals surface area contributed by atoms with E-state index in [9.17, 15) is 19.2 Å². The van der Waals surface area contributed by atoms with Crippen molar-refractivity contribution in [2.24, 2.45) is 0 Å². The van der Waals surface area contributed by atoms with Crippen molar-refractivity contribution in [1.82, 2.24) is 9.80 Å². The van der Waals surface area contributed by atoms with E-state index in [0.29, 0.717) is 69.5 Å². The number of imide groups is 2. The van der Waals surface area contributed by atoms with Crippen molar-refractivity contribution in [1.29, 1.82) is 0 Å². The Hall–Kier alpha value is -4.72. The smallest absolute Gasteiger partial charge is 0.261 e. The SMILES string of the molecule is CCCCCCN1C(=O)c2ccc(-c3ccc(-c4ccc(-c5ccc6c(c5)C(=O)N(CCCCCC)C6=O)o4)o3)cc2C1=O. The van der Waals surface area contributed by atoms with Crippen LogP contribution in [0.25, 0.3) is 34.2 Å². The number of fused-ring (bicyclic) bond motifs is 2. The molecule has 8 nitrogen and oxygen atoms in total. The minimum atomic E-state index is -0.264. The summed E-state index contributed by atoms with van der Waals surface area (Å²) in [6, 6.07) is 17.6. The van der Waals surface area contributed by atoms with Crippen molar-refractivity contribution in [3.63, 3.8) is 0 Å². The van der Waals surface area contributed by atoms with E-state index < -0.39 is 0 Å². The summed E-state index contributed by atoms with van der Waals surface area (Å²) in [5, 5.41) is 0. The van der Waals surface area contributed by atoms with E-state index in [1.54, 1.807) is 60.7 Å². The van der Waals surface area contributed by atoms with Crippen molar-refractivity contribution < 1.29 is 28.0 Å². The first kappa shape index (κ1) is 29.4. The Morgan fingerprint density at radius 3 is 1.25 bits per heavy atom. The third-order valence-corrected chi connectivity index (χ3v) is 8.44. The van der Waals surface area contributed by atoms with Gasteiger partial charge in [-0.15, -0.1) is 0 Å². The maximum absolute atomic E-state index is 13.0. The number of hydrogen-bond acceptors (Lipinski definition) is 6. The van der Waals surface area contributed by atoms with Gasteiger partial charge in [0.1, 0.15) is 11.5 Å². The van der Waals surface area contributed by atoms with Crippen molar-refractivity contribution in [2.75, 3.05) is 13.1 Å². The Balaban J connectivity index is 1.17. The molecule has 2 aliphatic heterocycles. The van der Waals surface area contributed by atoms with E-state index >= 15 is 0 Å². The monoisotopic (exact) mass is 592 g/mol. The van der Waals surface area contributed by atoms with Gasteiger partial charge in [0.05, 0.1) is 22.3 Å². The second-order valence-electron chi connectivity index (χ2n) is 11.5. The van der Waals surface area contributed by atoms with Crippen LogP contribution in [0.2, 0.25) is 0 Å². The van der Waals surface area contributed by atoms with Crippen LogP contribution >= 0.6 is 0 Å². The summed E-state index contributed by atoms with van der Waals surface area (Å²) in [5.74, 6) is 1.07. The number of nitrogens with zero attached hydrogens (tertiary/aromatic N) is 2. The first-order chi connectivity index (χ1) is 21.4. The van der Waals surface area contributed by atoms with Crippen molar-refractivity contribution in [3.8, 4) is 34.2 Å². The molecule has 2 aromatic carbocycles. The minimum Gasteiger partial charge on any atom is -0.453 e. The lowest BCUT2D eigenvalue weighted by Crippen LogP contribution is -2.30. The second-order valence-corrected chi connectivity index (χ2v) is 11.5. The molecule has 0 N–H and O–H groups in total. The number of furan rings is 2. The fourth-order valence-electron chi connectivity index (χ4n) is 5.94. The zero-order valence-corrected chi connectivity index (χ0v) is 25.2. The summed E-state index contributed by atoms with van der Waals surface area (Å²) in [5.41, 5.74) is 3.01. The average Bonchev–Trinajstić information content (AvgIpc) is 3.82. The molecule has 2 aromatic heterocycles. The van der Waals surface area contributed by atoms with Gasteiger partial charge in [0, 0.05) is 24.2 Å². The molecular weight excluding hydrogens is 556 g/mol. The summed E-state index contributed by atoms with van der Waals surface area (Å²) in [6.07, 6.45) is 7.92. The third kappa shape index (κ3) is 5.41. The van der Waals surface area contributed by atoms with E-state index in [1.807, 2.05) is 0 Å². The molecule has 4 heterocycles. The fourth-order valence-corrected chi connectivity index (χ4v) is 5.94. The van der Waals surface area contributed by atoms with E-state index in [1.165, 1.54) is 9.80 Å². The predicted molar refractivity (Wildman–Crippen MR) is 166 cm³/mol. The average molecular weight is 593 g/mol. The van der Waals surface area contributed by atoms with Gasteiger partial charge in [-0.2, -0.15) is 0 Å². The Morgan fingerprint density at radius 1 is 0.455 bits per heavy atom. The molecule has 4 amide bonds. The summed E-state index contributed by atoms with van der Waals surface area (Å²) >= 11 is 0. The predicted octanol–water partition coefficient (Wildman–Crippen LogP) is 8.23. The van der Waals surface area contributed by atoms with Gasteiger partial charge in [-0.25, -0.2) is 0 Å². The summed E-state index contributed by atoms with van der Waals surface area (Å²) in [7, 11) is 0. The van der Waals surface area contributed by atoms with Crippen LogP contribution in [-0.4, -0.2) is 46.5 Å². The molecule has 0 spiro atoms. The molecular formula is C36H36N2O6. The molecule has 44 heavy (non-hydrogen) atoms. The first-order valence-electron chi connectivity index (χ1n) is 15.6. The molecule has 8 heteroatoms. The zero-order valence-electron chi connectivity index (χ0n) is 25.2. The third-order valence-electron chi connectivity index (χ3n) is 8.44. The highest BCUT2D eigenvalue weighted by Gasteiger charge is 2.36. The quantitative estimate of drug-likeness (QED) is 0.115. The van der Waals surface area contributed by atoms with E-state index in [4.69, 9.17) is 8.83 Å². The van der Waals surface area contributed by atoms with Crippen LogP contribution in [0.1, 0.15) is 107 Å². The Bertz CT molecular complexity index is 1620. The standard InChI is InChI=1S/C36H36N2O6/c1-3-5-7-9-19-37-33(39)25-13-11-23(21-27(25)35(37)41)29-15-17-31(43-29)32-18-16-30(44-32)24-12-14-26-28(22-24)36(42)38(34(26)40)20-10-8-6-4-2/h11-18,21-22H,3-10,19-20H2,1-2H3. The van der Waals surface area contributed by atoms with Gasteiger partial charge in [-0.3, -0.25) is 29.0 Å². The van der Waals surface area contributed by atoms with Gasteiger partial charge < -0.3 is 8.83 Å². The molecule has 0 bridgehead atoms. The van der Waals surface area contributed by atoms with Crippen molar-refractivity contribution >= 4 is 23.6 Å². The highest BCUT2D eigenvalue weighted by molar-refractivity contribution is 6.22. The number of amides is 4. The fraction of sp³-hybridized carbons (Fsp3) is 0.333. The van der Waals surface area contributed by atoms with Gasteiger partial charge in [-0.05, 0) is 61.4 Å². The largest absolute Gasteiger partial charge is 0.453 e. The van der Waals surface area contributed by atoms with Crippen LogP contribution in [0.15, 0.2) is 69.5 Å². The molecule has 6 rings (SSSR count). The topological polar surface area (TPSA) is 101 Å². The van der Waals surface area contributed by atoms with Gasteiger partial charge in [0.15, 0.2) is 11.5 Å². The molecule has 0 fully saturated rings. The van der Waals surface area contributed by atoms with E-state index in [-0.39, 0.29) is 23.6 Å². The molecule has 2 aliphatic rings. The molecule has 0 atom stereocenters. The molecule has 4 aromatic rings. The lowest BCUT2D eigenvalue weighted by molar-refractivity contribution is 0.0636. The van der Waals surface area contributed by atoms with Gasteiger partial charge in [-0.1, -0.05) is 64.5 Å². The number of hydrogen-bond donors (Lipinski definition) is 0. The Kier molecular flexibility index (Phi) is 8.33. The number of benzene rings is 2. The van der Waals surface area contributed by atoms with Crippen molar-refractivity contribution in [3.05, 3.63) is 82.9 Å². The maximum Gasteiger partial charge on any atom is 0.261 e. The van der Waals surface area contributed by atoms with Crippen LogP contribution in [0.3, 0.4) is 0 Å². The van der Waals surface area contributed by atoms with Crippen LogP contribution in [0.4, 0.5) is 0 Å². The maximum atomic E-state index is 13.0. The number of unbranched alkanes of at least 4 members (excludes halogenated alkanes) is 6. The zero-order chi connectivity index (χ0) is 30.8.